The Morgan fingerprint density at radius 2 is 2.11 bits per heavy atom. The Balaban J connectivity index is 2.37. The van der Waals surface area contributed by atoms with Gasteiger partial charge in [0, 0.05) is 11.3 Å². The molecule has 0 aliphatic heterocycles. The van der Waals surface area contributed by atoms with Crippen LogP contribution in [0.2, 0.25) is 5.15 Å². The number of benzene rings is 1. The molecule has 5 heteroatoms. The summed E-state index contributed by atoms with van der Waals surface area (Å²) in [5, 5.41) is 3.60. The van der Waals surface area contributed by atoms with Gasteiger partial charge in [0.1, 0.15) is 23.1 Å². The lowest BCUT2D eigenvalue weighted by atomic mass is 10.2. The molecule has 94 valence electrons. The average Bonchev–Trinajstić information content (AvgIpc) is 2.33. The van der Waals surface area contributed by atoms with Crippen LogP contribution in [0.5, 0.6) is 0 Å². The molecule has 0 radical (unpaired) electrons. The first-order valence-electron chi connectivity index (χ1n) is 5.64. The third kappa shape index (κ3) is 2.59. The minimum atomic E-state index is -0.255. The molecule has 1 aromatic heterocycles. The molecule has 1 aromatic carbocycles. The van der Waals surface area contributed by atoms with Crippen LogP contribution < -0.4 is 5.32 Å². The summed E-state index contributed by atoms with van der Waals surface area (Å²) < 4.78 is 13.0. The lowest BCUT2D eigenvalue weighted by Gasteiger charge is -2.12. The van der Waals surface area contributed by atoms with Crippen LogP contribution in [0.4, 0.5) is 15.9 Å². The van der Waals surface area contributed by atoms with Crippen LogP contribution in [-0.2, 0) is 6.42 Å². The highest BCUT2D eigenvalue weighted by atomic mass is 35.5. The molecular formula is C13H13ClFN3. The first-order valence-corrected chi connectivity index (χ1v) is 6.02. The lowest BCUT2D eigenvalue weighted by Crippen LogP contribution is -2.02. The van der Waals surface area contributed by atoms with Gasteiger partial charge in [-0.25, -0.2) is 14.4 Å². The predicted octanol–water partition coefficient (Wildman–Crippen LogP) is 3.88. The highest BCUT2D eigenvalue weighted by Gasteiger charge is 2.09. The number of anilines is 2. The molecule has 0 unspecified atom stereocenters. The van der Waals surface area contributed by atoms with Crippen molar-refractivity contribution in [3.63, 3.8) is 0 Å². The summed E-state index contributed by atoms with van der Waals surface area (Å²) >= 11 is 6.01. The fourth-order valence-electron chi connectivity index (χ4n) is 1.71. The van der Waals surface area contributed by atoms with E-state index >= 15 is 0 Å². The summed E-state index contributed by atoms with van der Waals surface area (Å²) in [4.78, 5) is 8.11. The van der Waals surface area contributed by atoms with Crippen molar-refractivity contribution in [1.82, 2.24) is 9.97 Å². The van der Waals surface area contributed by atoms with Gasteiger partial charge in [-0.05, 0) is 37.1 Å². The Labute approximate surface area is 110 Å². The first kappa shape index (κ1) is 12.8. The number of aryl methyl sites for hydroxylation is 1. The van der Waals surface area contributed by atoms with Crippen LogP contribution in [-0.4, -0.2) is 9.97 Å². The molecular weight excluding hydrogens is 253 g/mol. The molecule has 1 N–H and O–H groups in total. The molecule has 3 nitrogen and oxygen atoms in total. The molecule has 2 aromatic rings. The van der Waals surface area contributed by atoms with Crippen molar-refractivity contribution in [3.05, 3.63) is 46.6 Å². The number of hydrogen-bond acceptors (Lipinski definition) is 3. The maximum Gasteiger partial charge on any atom is 0.138 e. The second kappa shape index (κ2) is 5.31. The van der Waals surface area contributed by atoms with E-state index in [-0.39, 0.29) is 5.82 Å². The standard InChI is InChI=1S/C13H13ClFN3/c1-3-10-12(14)16-7-17-13(10)18-11-5-4-9(15)6-8(11)2/h4-7H,3H2,1-2H3,(H,16,17,18). The average molecular weight is 266 g/mol. The molecule has 2 rings (SSSR count). The Kier molecular flexibility index (Phi) is 3.77. The van der Waals surface area contributed by atoms with Gasteiger partial charge < -0.3 is 5.32 Å². The third-order valence-electron chi connectivity index (χ3n) is 2.69. The SMILES string of the molecule is CCc1c(Cl)ncnc1Nc1ccc(F)cc1C. The highest BCUT2D eigenvalue weighted by molar-refractivity contribution is 6.30. The van der Waals surface area contributed by atoms with Crippen LogP contribution in [0.15, 0.2) is 24.5 Å². The Morgan fingerprint density at radius 3 is 2.78 bits per heavy atom. The fraction of sp³-hybridized carbons (Fsp3) is 0.231. The van der Waals surface area contributed by atoms with E-state index in [1.807, 2.05) is 13.8 Å². The van der Waals surface area contributed by atoms with E-state index in [0.29, 0.717) is 11.0 Å². The van der Waals surface area contributed by atoms with E-state index < -0.39 is 0 Å². The fourth-order valence-corrected chi connectivity index (χ4v) is 1.97. The van der Waals surface area contributed by atoms with Gasteiger partial charge >= 0.3 is 0 Å². The van der Waals surface area contributed by atoms with E-state index in [2.05, 4.69) is 15.3 Å². The second-order valence-electron chi connectivity index (χ2n) is 3.93. The van der Waals surface area contributed by atoms with Crippen molar-refractivity contribution in [3.8, 4) is 0 Å². The van der Waals surface area contributed by atoms with Gasteiger partial charge in [-0.3, -0.25) is 0 Å². The van der Waals surface area contributed by atoms with Crippen molar-refractivity contribution in [2.75, 3.05) is 5.32 Å². The van der Waals surface area contributed by atoms with E-state index in [4.69, 9.17) is 11.6 Å². The molecule has 0 saturated heterocycles. The van der Waals surface area contributed by atoms with Crippen LogP contribution in [0, 0.1) is 12.7 Å². The summed E-state index contributed by atoms with van der Waals surface area (Å²) in [6.45, 7) is 3.81. The summed E-state index contributed by atoms with van der Waals surface area (Å²) in [5.74, 6) is 0.404. The van der Waals surface area contributed by atoms with Crippen molar-refractivity contribution >= 4 is 23.1 Å². The number of hydrogen-bond donors (Lipinski definition) is 1. The van der Waals surface area contributed by atoms with Crippen molar-refractivity contribution in [1.29, 1.82) is 0 Å². The largest absolute Gasteiger partial charge is 0.340 e. The van der Waals surface area contributed by atoms with Crippen molar-refractivity contribution in [2.24, 2.45) is 0 Å². The minimum absolute atomic E-state index is 0.255. The van der Waals surface area contributed by atoms with Crippen LogP contribution >= 0.6 is 11.6 Å². The van der Waals surface area contributed by atoms with E-state index in [9.17, 15) is 4.39 Å². The maximum atomic E-state index is 13.0. The predicted molar refractivity (Wildman–Crippen MR) is 70.8 cm³/mol. The molecule has 1 heterocycles. The van der Waals surface area contributed by atoms with Gasteiger partial charge in [0.05, 0.1) is 0 Å². The molecule has 0 saturated carbocycles. The number of rotatable bonds is 3. The Morgan fingerprint density at radius 1 is 1.33 bits per heavy atom. The van der Waals surface area contributed by atoms with Gasteiger partial charge in [-0.2, -0.15) is 0 Å². The summed E-state index contributed by atoms with van der Waals surface area (Å²) in [6, 6.07) is 4.56. The van der Waals surface area contributed by atoms with Gasteiger partial charge in [0.15, 0.2) is 0 Å². The van der Waals surface area contributed by atoms with Crippen LogP contribution in [0.25, 0.3) is 0 Å². The minimum Gasteiger partial charge on any atom is -0.340 e. The first-order chi connectivity index (χ1) is 8.61. The van der Waals surface area contributed by atoms with Crippen molar-refractivity contribution < 1.29 is 4.39 Å². The van der Waals surface area contributed by atoms with E-state index in [1.54, 1.807) is 6.07 Å². The number of nitrogens with zero attached hydrogens (tertiary/aromatic N) is 2. The zero-order valence-corrected chi connectivity index (χ0v) is 10.9. The van der Waals surface area contributed by atoms with Crippen molar-refractivity contribution in [2.45, 2.75) is 20.3 Å². The van der Waals surface area contributed by atoms with Crippen LogP contribution in [0.1, 0.15) is 18.1 Å². The summed E-state index contributed by atoms with van der Waals surface area (Å²) in [7, 11) is 0. The Hall–Kier alpha value is -1.68. The summed E-state index contributed by atoms with van der Waals surface area (Å²) in [5.41, 5.74) is 2.47. The maximum absolute atomic E-state index is 13.0. The van der Waals surface area contributed by atoms with Gasteiger partial charge in [-0.1, -0.05) is 18.5 Å². The van der Waals surface area contributed by atoms with E-state index in [0.717, 1.165) is 23.2 Å². The quantitative estimate of drug-likeness (QED) is 0.856. The van der Waals surface area contributed by atoms with Gasteiger partial charge in [0.25, 0.3) is 0 Å². The highest BCUT2D eigenvalue weighted by Crippen LogP contribution is 2.25. The topological polar surface area (TPSA) is 37.8 Å². The second-order valence-corrected chi connectivity index (χ2v) is 4.29. The smallest absolute Gasteiger partial charge is 0.138 e. The zero-order chi connectivity index (χ0) is 13.1. The molecule has 0 fully saturated rings. The lowest BCUT2D eigenvalue weighted by molar-refractivity contribution is 0.627. The van der Waals surface area contributed by atoms with Crippen LogP contribution in [0.3, 0.4) is 0 Å². The normalized spacial score (nSPS) is 10.4. The zero-order valence-electron chi connectivity index (χ0n) is 10.2. The molecule has 18 heavy (non-hydrogen) atoms. The monoisotopic (exact) mass is 265 g/mol. The molecule has 0 amide bonds. The number of aromatic nitrogens is 2. The number of nitrogens with one attached hydrogen (secondary N) is 1. The van der Waals surface area contributed by atoms with Gasteiger partial charge in [0.2, 0.25) is 0 Å². The Bertz CT molecular complexity index is 572. The molecule has 0 spiro atoms. The number of halogens is 2. The molecule has 0 aliphatic rings. The van der Waals surface area contributed by atoms with Gasteiger partial charge in [-0.15, -0.1) is 0 Å². The third-order valence-corrected chi connectivity index (χ3v) is 3.01. The van der Waals surface area contributed by atoms with E-state index in [1.165, 1.54) is 18.5 Å². The molecule has 0 atom stereocenters. The molecule has 0 aliphatic carbocycles. The molecule has 0 bridgehead atoms. The summed E-state index contributed by atoms with van der Waals surface area (Å²) in [6.07, 6.45) is 2.13.